The first-order valence-electron chi connectivity index (χ1n) is 13.0. The zero-order valence-corrected chi connectivity index (χ0v) is 21.2. The van der Waals surface area contributed by atoms with E-state index in [1.807, 2.05) is 24.3 Å². The van der Waals surface area contributed by atoms with Gasteiger partial charge in [0.1, 0.15) is 18.1 Å². The van der Waals surface area contributed by atoms with E-state index in [2.05, 4.69) is 45.2 Å². The molecule has 0 spiro atoms. The second-order valence-corrected chi connectivity index (χ2v) is 10.8. The van der Waals surface area contributed by atoms with Gasteiger partial charge in [0.05, 0.1) is 34.3 Å². The Balaban J connectivity index is 1.13. The predicted octanol–water partition coefficient (Wildman–Crippen LogP) is 5.97. The second kappa shape index (κ2) is 10.1. The fourth-order valence-corrected chi connectivity index (χ4v) is 6.00. The van der Waals surface area contributed by atoms with Crippen molar-refractivity contribution >= 4 is 21.6 Å². The molecular formula is C28H34N4O2S. The normalized spacial score (nSPS) is 18.9. The van der Waals surface area contributed by atoms with Gasteiger partial charge in [-0.2, -0.15) is 0 Å². The largest absolute Gasteiger partial charge is 0.492 e. The summed E-state index contributed by atoms with van der Waals surface area (Å²) in [6.45, 7) is 3.49. The van der Waals surface area contributed by atoms with Crippen molar-refractivity contribution in [3.63, 3.8) is 0 Å². The number of fused-ring (bicyclic) bond motifs is 1. The molecule has 1 aromatic carbocycles. The maximum atomic E-state index is 6.19. The summed E-state index contributed by atoms with van der Waals surface area (Å²) in [5.41, 5.74) is 3.67. The van der Waals surface area contributed by atoms with Gasteiger partial charge < -0.3 is 23.9 Å². The first-order chi connectivity index (χ1) is 17.2. The smallest absolute Gasteiger partial charge is 0.157 e. The van der Waals surface area contributed by atoms with Crippen LogP contribution in [-0.4, -0.2) is 39.9 Å². The zero-order chi connectivity index (χ0) is 23.6. The van der Waals surface area contributed by atoms with Crippen molar-refractivity contribution in [3.05, 3.63) is 53.7 Å². The van der Waals surface area contributed by atoms with Gasteiger partial charge in [0, 0.05) is 19.2 Å². The number of benzene rings is 1. The van der Waals surface area contributed by atoms with Crippen LogP contribution in [0.5, 0.6) is 11.5 Å². The number of rotatable bonds is 8. The first kappa shape index (κ1) is 22.7. The summed E-state index contributed by atoms with van der Waals surface area (Å²) >= 11 is 1.78. The SMILES string of the molecule is Cn1c(-c2nc(C3CCC3)cn2CCOc2ccc(OC3CCCNCC3)cc2)cc2sccc21. The lowest BCUT2D eigenvalue weighted by atomic mass is 9.83. The average molecular weight is 491 g/mol. The molecule has 1 N–H and O–H groups in total. The molecule has 1 aliphatic carbocycles. The van der Waals surface area contributed by atoms with Crippen LogP contribution in [-0.2, 0) is 13.6 Å². The van der Waals surface area contributed by atoms with Crippen LogP contribution in [0.4, 0.5) is 0 Å². The van der Waals surface area contributed by atoms with Gasteiger partial charge in [0.25, 0.3) is 0 Å². The molecule has 6 rings (SSSR count). The van der Waals surface area contributed by atoms with Crippen molar-refractivity contribution in [1.29, 1.82) is 0 Å². The Labute approximate surface area is 210 Å². The summed E-state index contributed by atoms with van der Waals surface area (Å²) in [7, 11) is 2.14. The van der Waals surface area contributed by atoms with Gasteiger partial charge in [-0.05, 0) is 87.0 Å². The first-order valence-corrected chi connectivity index (χ1v) is 13.8. The van der Waals surface area contributed by atoms with E-state index in [0.29, 0.717) is 18.6 Å². The molecule has 3 aromatic heterocycles. The maximum absolute atomic E-state index is 6.19. The van der Waals surface area contributed by atoms with Crippen LogP contribution in [0.2, 0.25) is 0 Å². The Morgan fingerprint density at radius 1 is 1.03 bits per heavy atom. The summed E-state index contributed by atoms with van der Waals surface area (Å²) in [5, 5.41) is 5.59. The topological polar surface area (TPSA) is 53.2 Å². The van der Waals surface area contributed by atoms with Gasteiger partial charge in [0.15, 0.2) is 5.82 Å². The van der Waals surface area contributed by atoms with E-state index < -0.39 is 0 Å². The molecule has 1 saturated carbocycles. The average Bonchev–Trinajstić information content (AvgIpc) is 3.46. The van der Waals surface area contributed by atoms with Crippen molar-refractivity contribution in [3.8, 4) is 23.0 Å². The molecule has 35 heavy (non-hydrogen) atoms. The number of nitrogens with zero attached hydrogens (tertiary/aromatic N) is 3. The van der Waals surface area contributed by atoms with Crippen LogP contribution in [0, 0.1) is 0 Å². The molecule has 0 amide bonds. The van der Waals surface area contributed by atoms with Gasteiger partial charge >= 0.3 is 0 Å². The predicted molar refractivity (Wildman–Crippen MR) is 142 cm³/mol. The quantitative estimate of drug-likeness (QED) is 0.331. The van der Waals surface area contributed by atoms with E-state index in [1.54, 1.807) is 11.3 Å². The lowest BCUT2D eigenvalue weighted by Crippen LogP contribution is -2.19. The lowest BCUT2D eigenvalue weighted by molar-refractivity contribution is 0.187. The third-order valence-corrected chi connectivity index (χ3v) is 8.31. The molecule has 184 valence electrons. The van der Waals surface area contributed by atoms with Crippen molar-refractivity contribution in [1.82, 2.24) is 19.4 Å². The maximum Gasteiger partial charge on any atom is 0.157 e. The molecule has 2 aliphatic rings. The van der Waals surface area contributed by atoms with Crippen LogP contribution < -0.4 is 14.8 Å². The van der Waals surface area contributed by atoms with Crippen molar-refractivity contribution in [2.45, 2.75) is 57.1 Å². The summed E-state index contributed by atoms with van der Waals surface area (Å²) in [6, 6.07) is 12.6. The molecule has 2 fully saturated rings. The number of imidazole rings is 1. The number of aryl methyl sites for hydroxylation is 1. The number of thiophene rings is 1. The van der Waals surface area contributed by atoms with Crippen molar-refractivity contribution in [2.24, 2.45) is 7.05 Å². The molecule has 4 aromatic rings. The number of aromatic nitrogens is 3. The molecule has 0 bridgehead atoms. The van der Waals surface area contributed by atoms with Gasteiger partial charge in [-0.3, -0.25) is 0 Å². The lowest BCUT2D eigenvalue weighted by Gasteiger charge is -2.22. The van der Waals surface area contributed by atoms with Crippen molar-refractivity contribution < 1.29 is 9.47 Å². The van der Waals surface area contributed by atoms with Crippen molar-refractivity contribution in [2.75, 3.05) is 19.7 Å². The highest BCUT2D eigenvalue weighted by atomic mass is 32.1. The fourth-order valence-electron chi connectivity index (χ4n) is 5.15. The summed E-state index contributed by atoms with van der Waals surface area (Å²) in [5.74, 6) is 3.45. The second-order valence-electron chi connectivity index (χ2n) is 9.81. The number of ether oxygens (including phenoxy) is 2. The highest BCUT2D eigenvalue weighted by Gasteiger charge is 2.25. The molecule has 1 unspecified atom stereocenters. The Hall–Kier alpha value is -2.77. The van der Waals surface area contributed by atoms with Gasteiger partial charge in [-0.1, -0.05) is 6.42 Å². The minimum absolute atomic E-state index is 0.300. The Morgan fingerprint density at radius 2 is 1.89 bits per heavy atom. The fraction of sp³-hybridized carbons (Fsp3) is 0.464. The van der Waals surface area contributed by atoms with Crippen LogP contribution in [0.1, 0.15) is 50.1 Å². The van der Waals surface area contributed by atoms with E-state index in [9.17, 15) is 0 Å². The molecule has 1 aliphatic heterocycles. The zero-order valence-electron chi connectivity index (χ0n) is 20.4. The van der Waals surface area contributed by atoms with E-state index in [1.165, 1.54) is 47.3 Å². The van der Waals surface area contributed by atoms with E-state index >= 15 is 0 Å². The minimum atomic E-state index is 0.300. The molecule has 1 atom stereocenters. The molecule has 1 saturated heterocycles. The Bertz CT molecular complexity index is 1260. The van der Waals surface area contributed by atoms with E-state index in [0.717, 1.165) is 49.8 Å². The van der Waals surface area contributed by atoms with E-state index in [4.69, 9.17) is 14.5 Å². The molecule has 6 nitrogen and oxygen atoms in total. The highest BCUT2D eigenvalue weighted by Crippen LogP contribution is 2.38. The number of hydrogen-bond acceptors (Lipinski definition) is 5. The molecular weight excluding hydrogens is 456 g/mol. The summed E-state index contributed by atoms with van der Waals surface area (Å²) in [4.78, 5) is 5.11. The minimum Gasteiger partial charge on any atom is -0.492 e. The van der Waals surface area contributed by atoms with E-state index in [-0.39, 0.29) is 0 Å². The number of hydrogen-bond donors (Lipinski definition) is 1. The van der Waals surface area contributed by atoms with Gasteiger partial charge in [-0.15, -0.1) is 11.3 Å². The third-order valence-electron chi connectivity index (χ3n) is 7.46. The van der Waals surface area contributed by atoms with Gasteiger partial charge in [0.2, 0.25) is 0 Å². The molecule has 0 radical (unpaired) electrons. The van der Waals surface area contributed by atoms with Crippen LogP contribution in [0.15, 0.2) is 48.0 Å². The molecule has 4 heterocycles. The number of nitrogens with one attached hydrogen (secondary N) is 1. The summed E-state index contributed by atoms with van der Waals surface area (Å²) in [6.07, 6.45) is 9.71. The monoisotopic (exact) mass is 490 g/mol. The van der Waals surface area contributed by atoms with Crippen LogP contribution >= 0.6 is 11.3 Å². The Morgan fingerprint density at radius 3 is 2.69 bits per heavy atom. The Kier molecular flexibility index (Phi) is 6.53. The third kappa shape index (κ3) is 4.84. The molecule has 7 heteroatoms. The van der Waals surface area contributed by atoms with Gasteiger partial charge in [-0.25, -0.2) is 4.98 Å². The summed E-state index contributed by atoms with van der Waals surface area (Å²) < 4.78 is 18.2. The van der Waals surface area contributed by atoms with Crippen LogP contribution in [0.3, 0.4) is 0 Å². The van der Waals surface area contributed by atoms with Crippen LogP contribution in [0.25, 0.3) is 21.7 Å². The standard InChI is InChI=1S/C28H34N4O2S/c1-31-25-12-17-35-27(25)18-26(31)28-30-24(20-4-2-5-20)19-32(28)15-16-33-21-7-9-23(10-8-21)34-22-6-3-13-29-14-11-22/h7-10,12,17-20,22,29H,2-6,11,13-16H2,1H3. The highest BCUT2D eigenvalue weighted by molar-refractivity contribution is 7.17.